The summed E-state index contributed by atoms with van der Waals surface area (Å²) in [5.74, 6) is -9.75. The molecule has 28 nitrogen and oxygen atoms in total. The molecule has 4 rings (SSSR count). The number of aliphatic carboxylic acids is 1. The van der Waals surface area contributed by atoms with Gasteiger partial charge in [0.15, 0.2) is 0 Å². The number of primary amides is 1. The van der Waals surface area contributed by atoms with Gasteiger partial charge >= 0.3 is 5.97 Å². The number of likely N-dealkylation sites (tertiary alicyclic amines) is 1. The van der Waals surface area contributed by atoms with Crippen LogP contribution in [0.5, 0.6) is 0 Å². The summed E-state index contributed by atoms with van der Waals surface area (Å²) in [6.45, 7) is 10.5. The molecule has 2 aromatic heterocycles. The van der Waals surface area contributed by atoms with Crippen molar-refractivity contribution in [2.45, 2.75) is 179 Å². The monoisotopic (exact) mass is 1190 g/mol. The smallest absolute Gasteiger partial charge is 0.322 e. The highest BCUT2D eigenvalue weighted by Crippen LogP contribution is 2.22. The lowest BCUT2D eigenvalue weighted by atomic mass is 9.99. The van der Waals surface area contributed by atoms with Crippen LogP contribution < -0.4 is 65.5 Å². The van der Waals surface area contributed by atoms with Gasteiger partial charge in [-0.05, 0) is 107 Å². The number of carbonyl (C=O) groups excluding carboxylic acids is 10. The fraction of sp³-hybridized carbons (Fsp3) is 0.614. The van der Waals surface area contributed by atoms with Gasteiger partial charge in [0.05, 0.1) is 18.1 Å². The second-order valence-electron chi connectivity index (χ2n) is 22.7. The molecule has 0 saturated carbocycles. The van der Waals surface area contributed by atoms with Crippen molar-refractivity contribution in [3.63, 3.8) is 0 Å². The molecule has 0 bridgehead atoms. The van der Waals surface area contributed by atoms with E-state index in [1.165, 1.54) is 17.4 Å². The molecule has 0 spiro atoms. The summed E-state index contributed by atoms with van der Waals surface area (Å²) in [5, 5.41) is 31.3. The summed E-state index contributed by atoms with van der Waals surface area (Å²) in [6, 6.07) is -3.94. The van der Waals surface area contributed by atoms with Crippen LogP contribution in [0.1, 0.15) is 123 Å². The van der Waals surface area contributed by atoms with E-state index in [9.17, 15) is 52.7 Å². The van der Waals surface area contributed by atoms with Crippen LogP contribution in [0.3, 0.4) is 0 Å². The van der Waals surface area contributed by atoms with E-state index in [0.29, 0.717) is 43.4 Å². The van der Waals surface area contributed by atoms with E-state index < -0.39 is 132 Å². The number of nitrogens with zero attached hydrogens (tertiary/aromatic N) is 2. The van der Waals surface area contributed by atoms with Gasteiger partial charge in [0.2, 0.25) is 59.1 Å². The van der Waals surface area contributed by atoms with Crippen molar-refractivity contribution in [2.24, 2.45) is 40.7 Å². The van der Waals surface area contributed by atoms with E-state index in [1.807, 2.05) is 32.0 Å². The molecule has 19 N–H and O–H groups in total. The number of carboxylic acid groups (broad SMARTS) is 1. The highest BCUT2D eigenvalue weighted by atomic mass is 16.4. The third-order valence-corrected chi connectivity index (χ3v) is 14.6. The number of aromatic nitrogens is 3. The normalized spacial score (nSPS) is 16.0. The van der Waals surface area contributed by atoms with Gasteiger partial charge in [-0.25, -0.2) is 4.98 Å². The SMILES string of the molecule is CC(C)C[C@H](NC(=O)[C@@H](N)C(C)C)C(=O)N[C@@H](Cc1c[nH]cn1)C(=O)N[C@@H](Cc1c[nH]c2ccccc12)C(=O)N[C@H](C(=O)N[C@@H](CCCCN)C(=O)N[C@@H](CCC(N)=O)C(=O)N[C@@H](CCCCN)C(=O)N1CCC[C@H]1C(=O)NCC(=O)O)C(C)C. The predicted octanol–water partition coefficient (Wildman–Crippen LogP) is -1.53. The van der Waals surface area contributed by atoms with Crippen molar-refractivity contribution < 1.29 is 57.8 Å². The maximum absolute atomic E-state index is 14.8. The van der Waals surface area contributed by atoms with Crippen molar-refractivity contribution in [3.05, 3.63) is 54.2 Å². The van der Waals surface area contributed by atoms with E-state index in [4.69, 9.17) is 28.0 Å². The molecule has 85 heavy (non-hydrogen) atoms. The molecule has 1 aliphatic heterocycles. The standard InChI is InChI=1S/C57H90N16O12/c1-31(2)24-41(71-55(83)47(61)32(3)4)51(79)70-43(26-35-28-62-30-65-35)52(80)69-42(25-34-27-63-37-15-8-7-14-36(34)37)53(81)72-48(33(5)6)56(84)67-38(16-9-11-21-58)49(77)66-39(19-20-45(60)74)50(78)68-40(17-10-12-22-59)57(85)73-23-13-18-44(73)54(82)64-29-46(75)76/h7-8,14-15,27-28,30-33,38-44,47-48,63H,9-13,16-26,29,58-59,61H2,1-6H3,(H2,60,74)(H,62,65)(H,64,82)(H,66,77)(H,67,84)(H,68,78)(H,69,80)(H,70,79)(H,71,83)(H,72,81)(H,75,76)/t38-,39-,40-,41-,42-,43-,44-,47-,48-/m0/s1. The zero-order valence-corrected chi connectivity index (χ0v) is 49.6. The summed E-state index contributed by atoms with van der Waals surface area (Å²) >= 11 is 0. The molecule has 0 unspecified atom stereocenters. The Hall–Kier alpha value is -7.98. The average Bonchev–Trinajstić information content (AvgIpc) is 4.49. The van der Waals surface area contributed by atoms with Crippen LogP contribution in [-0.4, -0.2) is 171 Å². The van der Waals surface area contributed by atoms with Crippen LogP contribution in [0.25, 0.3) is 10.9 Å². The summed E-state index contributed by atoms with van der Waals surface area (Å²) < 4.78 is 0. The molecule has 28 heteroatoms. The highest BCUT2D eigenvalue weighted by molar-refractivity contribution is 5.99. The Bertz CT molecular complexity index is 2730. The fourth-order valence-electron chi connectivity index (χ4n) is 9.81. The fourth-order valence-corrected chi connectivity index (χ4v) is 9.81. The first-order valence-corrected chi connectivity index (χ1v) is 29.2. The minimum atomic E-state index is -1.49. The number of fused-ring (bicyclic) bond motifs is 1. The molecule has 1 fully saturated rings. The van der Waals surface area contributed by atoms with Crippen LogP contribution >= 0.6 is 0 Å². The molecule has 0 aliphatic carbocycles. The second-order valence-corrected chi connectivity index (χ2v) is 22.7. The number of aromatic amines is 2. The molecule has 9 atom stereocenters. The highest BCUT2D eigenvalue weighted by Gasteiger charge is 2.40. The number of amides is 10. The van der Waals surface area contributed by atoms with Gasteiger partial charge in [-0.3, -0.25) is 52.7 Å². The van der Waals surface area contributed by atoms with Crippen molar-refractivity contribution >= 4 is 75.9 Å². The van der Waals surface area contributed by atoms with Gasteiger partial charge in [-0.2, -0.15) is 0 Å². The van der Waals surface area contributed by atoms with Crippen LogP contribution in [0.2, 0.25) is 0 Å². The average molecular weight is 1190 g/mol. The van der Waals surface area contributed by atoms with Crippen LogP contribution in [-0.2, 0) is 65.6 Å². The zero-order valence-electron chi connectivity index (χ0n) is 49.6. The first-order valence-electron chi connectivity index (χ1n) is 29.2. The van der Waals surface area contributed by atoms with Gasteiger partial charge < -0.3 is 85.4 Å². The number of H-pyrrole nitrogens is 2. The molecule has 1 saturated heterocycles. The Morgan fingerprint density at radius 1 is 0.659 bits per heavy atom. The summed E-state index contributed by atoms with van der Waals surface area (Å²) in [6.07, 6.45) is 6.15. The van der Waals surface area contributed by atoms with Crippen LogP contribution in [0, 0.1) is 17.8 Å². The molecule has 1 aromatic carbocycles. The number of nitrogens with two attached hydrogens (primary N) is 4. The lowest BCUT2D eigenvalue weighted by Gasteiger charge is -2.30. The zero-order chi connectivity index (χ0) is 62.9. The van der Waals surface area contributed by atoms with E-state index in [2.05, 4.69) is 57.5 Å². The first-order chi connectivity index (χ1) is 40.3. The molecule has 3 aromatic rings. The summed E-state index contributed by atoms with van der Waals surface area (Å²) in [4.78, 5) is 162. The quantitative estimate of drug-likeness (QED) is 0.0291. The maximum atomic E-state index is 14.8. The van der Waals surface area contributed by atoms with Gasteiger partial charge in [-0.1, -0.05) is 59.7 Å². The number of nitrogens with one attached hydrogen (secondary N) is 10. The van der Waals surface area contributed by atoms with Crippen molar-refractivity contribution in [2.75, 3.05) is 26.2 Å². The predicted molar refractivity (Wildman–Crippen MR) is 315 cm³/mol. The number of unbranched alkanes of at least 4 members (excludes halogenated alkanes) is 2. The summed E-state index contributed by atoms with van der Waals surface area (Å²) in [5.41, 5.74) is 25.0. The number of hydrogen-bond acceptors (Lipinski definition) is 15. The van der Waals surface area contributed by atoms with E-state index in [-0.39, 0.29) is 82.8 Å². The van der Waals surface area contributed by atoms with E-state index >= 15 is 0 Å². The van der Waals surface area contributed by atoms with Gasteiger partial charge in [0.25, 0.3) is 0 Å². The third kappa shape index (κ3) is 22.2. The Morgan fingerprint density at radius 2 is 1.21 bits per heavy atom. The first kappa shape index (κ1) is 69.5. The van der Waals surface area contributed by atoms with Gasteiger partial charge in [-0.15, -0.1) is 0 Å². The minimum absolute atomic E-state index is 0.00717. The lowest BCUT2D eigenvalue weighted by molar-refractivity contribution is -0.143. The minimum Gasteiger partial charge on any atom is -0.480 e. The number of carbonyl (C=O) groups is 11. The Kier molecular flexibility index (Phi) is 28.4. The summed E-state index contributed by atoms with van der Waals surface area (Å²) in [7, 11) is 0. The number of carboxylic acids is 1. The molecule has 0 radical (unpaired) electrons. The van der Waals surface area contributed by atoms with E-state index in [1.54, 1.807) is 40.0 Å². The van der Waals surface area contributed by atoms with Gasteiger partial charge in [0, 0.05) is 49.1 Å². The Labute approximate surface area is 495 Å². The molecule has 3 heterocycles. The topological polar surface area (TPSA) is 456 Å². The Morgan fingerprint density at radius 3 is 1.80 bits per heavy atom. The molecule has 470 valence electrons. The second kappa shape index (κ2) is 34.7. The van der Waals surface area contributed by atoms with Crippen LogP contribution in [0.4, 0.5) is 0 Å². The molecular weight excluding hydrogens is 1100 g/mol. The van der Waals surface area contributed by atoms with Crippen molar-refractivity contribution in [1.29, 1.82) is 0 Å². The number of benzene rings is 1. The third-order valence-electron chi connectivity index (χ3n) is 14.6. The number of hydrogen-bond donors (Lipinski definition) is 15. The van der Waals surface area contributed by atoms with Crippen molar-refractivity contribution in [1.82, 2.24) is 62.4 Å². The molecular formula is C57H90N16O12. The molecule has 10 amide bonds. The van der Waals surface area contributed by atoms with Crippen LogP contribution in [0.15, 0.2) is 43.0 Å². The molecule has 1 aliphatic rings. The maximum Gasteiger partial charge on any atom is 0.322 e. The number of para-hydroxylation sites is 1. The lowest BCUT2D eigenvalue weighted by Crippen LogP contribution is -2.61. The van der Waals surface area contributed by atoms with Gasteiger partial charge in [0.1, 0.15) is 54.9 Å². The Balaban J connectivity index is 1.64. The largest absolute Gasteiger partial charge is 0.480 e. The number of rotatable bonds is 37. The van der Waals surface area contributed by atoms with E-state index in [0.717, 1.165) is 10.9 Å². The number of imidazole rings is 1. The van der Waals surface area contributed by atoms with Crippen molar-refractivity contribution in [3.8, 4) is 0 Å².